The number of nitrogens with zero attached hydrogens (tertiary/aromatic N) is 1. The van der Waals surface area contributed by atoms with Crippen molar-refractivity contribution in [2.45, 2.75) is 51.1 Å². The number of anilines is 1. The highest BCUT2D eigenvalue weighted by molar-refractivity contribution is 6.20. The molecular weight excluding hydrogens is 444 g/mol. The van der Waals surface area contributed by atoms with Gasteiger partial charge in [-0.1, -0.05) is 49.4 Å². The van der Waals surface area contributed by atoms with Gasteiger partial charge in [-0.2, -0.15) is 0 Å². The van der Waals surface area contributed by atoms with Gasteiger partial charge in [-0.3, -0.25) is 29.4 Å². The highest BCUT2D eigenvalue weighted by Crippen LogP contribution is 2.28. The molecule has 2 aliphatic heterocycles. The van der Waals surface area contributed by atoms with Crippen LogP contribution in [0.1, 0.15) is 44.2 Å². The lowest BCUT2D eigenvalue weighted by Crippen LogP contribution is -2.54. The molecular formula is C27H30N4O4. The Balaban J connectivity index is 1.44. The van der Waals surface area contributed by atoms with Crippen molar-refractivity contribution in [3.05, 3.63) is 77.5 Å². The van der Waals surface area contributed by atoms with Gasteiger partial charge < -0.3 is 10.6 Å². The Bertz CT molecular complexity index is 1180. The second-order valence-corrected chi connectivity index (χ2v) is 9.09. The fourth-order valence-electron chi connectivity index (χ4n) is 4.45. The molecule has 0 spiro atoms. The first-order valence-electron chi connectivity index (χ1n) is 11.9. The lowest BCUT2D eigenvalue weighted by molar-refractivity contribution is -0.149. The number of hydrogen-bond acceptors (Lipinski definition) is 6. The third-order valence-corrected chi connectivity index (χ3v) is 6.73. The van der Waals surface area contributed by atoms with Gasteiger partial charge in [0, 0.05) is 23.7 Å². The highest BCUT2D eigenvalue weighted by atomic mass is 16.2. The molecule has 0 aromatic heterocycles. The summed E-state index contributed by atoms with van der Waals surface area (Å²) in [6.45, 7) is 5.07. The topological polar surface area (TPSA) is 108 Å². The second-order valence-electron chi connectivity index (χ2n) is 9.09. The van der Waals surface area contributed by atoms with E-state index in [1.165, 1.54) is 11.6 Å². The van der Waals surface area contributed by atoms with Crippen molar-refractivity contribution in [2.24, 2.45) is 0 Å². The summed E-state index contributed by atoms with van der Waals surface area (Å²) in [6, 6.07) is 17.1. The van der Waals surface area contributed by atoms with E-state index in [2.05, 4.69) is 41.9 Å². The van der Waals surface area contributed by atoms with Gasteiger partial charge in [0.25, 0.3) is 11.8 Å². The largest absolute Gasteiger partial charge is 0.351 e. The lowest BCUT2D eigenvalue weighted by Gasteiger charge is -2.31. The van der Waals surface area contributed by atoms with E-state index >= 15 is 0 Å². The van der Waals surface area contributed by atoms with Crippen LogP contribution in [0.15, 0.2) is 66.4 Å². The normalized spacial score (nSPS) is 19.9. The Morgan fingerprint density at radius 2 is 1.83 bits per heavy atom. The predicted molar refractivity (Wildman–Crippen MR) is 132 cm³/mol. The zero-order valence-electron chi connectivity index (χ0n) is 20.0. The molecule has 2 aromatic rings. The van der Waals surface area contributed by atoms with E-state index in [4.69, 9.17) is 0 Å². The predicted octanol–water partition coefficient (Wildman–Crippen LogP) is 2.61. The molecule has 2 heterocycles. The summed E-state index contributed by atoms with van der Waals surface area (Å²) in [5.41, 5.74) is 2.81. The van der Waals surface area contributed by atoms with Crippen molar-refractivity contribution in [3.63, 3.8) is 0 Å². The van der Waals surface area contributed by atoms with E-state index in [0.717, 1.165) is 29.8 Å². The minimum Gasteiger partial charge on any atom is -0.351 e. The molecule has 0 aliphatic carbocycles. The number of imide groups is 2. The molecule has 0 saturated carbocycles. The van der Waals surface area contributed by atoms with Crippen molar-refractivity contribution in [1.82, 2.24) is 15.5 Å². The Labute approximate surface area is 204 Å². The second kappa shape index (κ2) is 10.2. The zero-order valence-corrected chi connectivity index (χ0v) is 20.0. The van der Waals surface area contributed by atoms with Crippen LogP contribution in [0, 0.1) is 0 Å². The number of amides is 4. The van der Waals surface area contributed by atoms with E-state index in [1.807, 2.05) is 42.5 Å². The first-order valence-corrected chi connectivity index (χ1v) is 11.9. The zero-order chi connectivity index (χ0) is 25.0. The third kappa shape index (κ3) is 5.33. The number of carbonyl (C=O) groups is 4. The molecule has 4 rings (SSSR count). The van der Waals surface area contributed by atoms with Crippen LogP contribution in [-0.2, 0) is 31.1 Å². The van der Waals surface area contributed by atoms with E-state index < -0.39 is 29.7 Å². The Hall–Kier alpha value is -3.78. The highest BCUT2D eigenvalue weighted by Gasteiger charge is 2.42. The minimum absolute atomic E-state index is 0.0884. The van der Waals surface area contributed by atoms with Gasteiger partial charge in [-0.25, -0.2) is 0 Å². The van der Waals surface area contributed by atoms with Crippen LogP contribution in [0.2, 0.25) is 0 Å². The molecule has 182 valence electrons. The number of hydrogen-bond donors (Lipinski definition) is 3. The average molecular weight is 475 g/mol. The summed E-state index contributed by atoms with van der Waals surface area (Å²) >= 11 is 0. The summed E-state index contributed by atoms with van der Waals surface area (Å²) in [6.07, 6.45) is 3.19. The van der Waals surface area contributed by atoms with Crippen molar-refractivity contribution in [2.75, 3.05) is 11.9 Å². The van der Waals surface area contributed by atoms with Crippen LogP contribution in [0.5, 0.6) is 0 Å². The molecule has 8 nitrogen and oxygen atoms in total. The molecule has 8 heteroatoms. The van der Waals surface area contributed by atoms with Crippen molar-refractivity contribution in [1.29, 1.82) is 0 Å². The molecule has 2 atom stereocenters. The SMILES string of the molecule is CCC(C)(NCCc1ccccc1)c1cccc(NC2=CC(=O)N(C3CCC(=O)NC3=O)C2=O)c1. The van der Waals surface area contributed by atoms with E-state index in [-0.39, 0.29) is 24.1 Å². The van der Waals surface area contributed by atoms with Gasteiger partial charge in [0.2, 0.25) is 11.8 Å². The smallest absolute Gasteiger partial charge is 0.278 e. The molecule has 1 fully saturated rings. The third-order valence-electron chi connectivity index (χ3n) is 6.73. The molecule has 0 bridgehead atoms. The molecule has 3 N–H and O–H groups in total. The van der Waals surface area contributed by atoms with Gasteiger partial charge in [0.15, 0.2) is 0 Å². The Morgan fingerprint density at radius 1 is 1.06 bits per heavy atom. The molecule has 2 aromatic carbocycles. The lowest BCUT2D eigenvalue weighted by atomic mass is 9.88. The van der Waals surface area contributed by atoms with Crippen LogP contribution >= 0.6 is 0 Å². The number of rotatable bonds is 9. The van der Waals surface area contributed by atoms with Gasteiger partial charge >= 0.3 is 0 Å². The summed E-state index contributed by atoms with van der Waals surface area (Å²) < 4.78 is 0. The molecule has 35 heavy (non-hydrogen) atoms. The van der Waals surface area contributed by atoms with Crippen LogP contribution in [0.3, 0.4) is 0 Å². The quantitative estimate of drug-likeness (QED) is 0.483. The van der Waals surface area contributed by atoms with Gasteiger partial charge in [-0.05, 0) is 56.0 Å². The maximum Gasteiger partial charge on any atom is 0.278 e. The maximum absolute atomic E-state index is 13.0. The number of piperidine rings is 1. The fourth-order valence-corrected chi connectivity index (χ4v) is 4.45. The molecule has 2 aliphatic rings. The number of benzene rings is 2. The standard InChI is InChI=1S/C27H30N4O4/c1-3-27(2,28-15-14-18-8-5-4-6-9-18)19-10-7-11-20(16-19)29-21-17-24(33)31(26(21)35)22-12-13-23(32)30-25(22)34/h4-11,16-17,22,28-29H,3,12-15H2,1-2H3,(H,30,32,34). The van der Waals surface area contributed by atoms with Gasteiger partial charge in [0.05, 0.1) is 0 Å². The summed E-state index contributed by atoms with van der Waals surface area (Å²) in [5, 5.41) is 8.91. The van der Waals surface area contributed by atoms with E-state index in [0.29, 0.717) is 5.69 Å². The van der Waals surface area contributed by atoms with Crippen LogP contribution in [0.4, 0.5) is 5.69 Å². The molecule has 0 radical (unpaired) electrons. The average Bonchev–Trinajstić information content (AvgIpc) is 3.12. The number of carbonyl (C=O) groups excluding carboxylic acids is 4. The first-order chi connectivity index (χ1) is 16.8. The van der Waals surface area contributed by atoms with Crippen LogP contribution in [-0.4, -0.2) is 41.1 Å². The molecule has 1 saturated heterocycles. The first kappa shape index (κ1) is 24.3. The Kier molecular flexibility index (Phi) is 7.12. The van der Waals surface area contributed by atoms with Crippen molar-refractivity contribution >= 4 is 29.3 Å². The molecule has 2 unspecified atom stereocenters. The Morgan fingerprint density at radius 3 is 2.54 bits per heavy atom. The van der Waals surface area contributed by atoms with Gasteiger partial charge in [-0.15, -0.1) is 0 Å². The number of nitrogens with one attached hydrogen (secondary N) is 3. The van der Waals surface area contributed by atoms with E-state index in [1.54, 1.807) is 0 Å². The van der Waals surface area contributed by atoms with Gasteiger partial charge in [0.1, 0.15) is 11.7 Å². The maximum atomic E-state index is 13.0. The summed E-state index contributed by atoms with van der Waals surface area (Å²) in [5.74, 6) is -2.16. The monoisotopic (exact) mass is 474 g/mol. The van der Waals surface area contributed by atoms with Crippen LogP contribution < -0.4 is 16.0 Å². The fraction of sp³-hybridized carbons (Fsp3) is 0.333. The van der Waals surface area contributed by atoms with Crippen LogP contribution in [0.25, 0.3) is 0 Å². The van der Waals surface area contributed by atoms with Crippen molar-refractivity contribution in [3.8, 4) is 0 Å². The van der Waals surface area contributed by atoms with E-state index in [9.17, 15) is 19.2 Å². The summed E-state index contributed by atoms with van der Waals surface area (Å²) in [7, 11) is 0. The summed E-state index contributed by atoms with van der Waals surface area (Å²) in [4.78, 5) is 50.0. The minimum atomic E-state index is -0.980. The molecule has 4 amide bonds. The van der Waals surface area contributed by atoms with Crippen molar-refractivity contribution < 1.29 is 19.2 Å².